The number of halogens is 2. The average molecular weight is 361 g/mol. The van der Waals surface area contributed by atoms with E-state index in [0.717, 1.165) is 12.8 Å². The molecule has 2 heterocycles. The van der Waals surface area contributed by atoms with Crippen molar-refractivity contribution in [3.63, 3.8) is 0 Å². The molecule has 8 heteroatoms. The summed E-state index contributed by atoms with van der Waals surface area (Å²) in [5.41, 5.74) is 0.322. The quantitative estimate of drug-likeness (QED) is 0.575. The zero-order chi connectivity index (χ0) is 16.8. The average Bonchev–Trinajstić information content (AvgIpc) is 3.06. The summed E-state index contributed by atoms with van der Waals surface area (Å²) in [4.78, 5) is 29.5. The molecule has 0 aromatic carbocycles. The van der Waals surface area contributed by atoms with Crippen LogP contribution in [-0.2, 0) is 14.3 Å². The third-order valence-corrected chi connectivity index (χ3v) is 4.28. The minimum absolute atomic E-state index is 0.0210. The summed E-state index contributed by atoms with van der Waals surface area (Å²) in [6.45, 7) is 1.35. The summed E-state index contributed by atoms with van der Waals surface area (Å²) < 4.78 is 10.2. The molecular weight excluding hydrogens is 343 g/mol. The smallest absolute Gasteiger partial charge is 0.307 e. The lowest BCUT2D eigenvalue weighted by Gasteiger charge is -2.25. The van der Waals surface area contributed by atoms with Crippen LogP contribution in [-0.4, -0.2) is 54.7 Å². The summed E-state index contributed by atoms with van der Waals surface area (Å²) in [6, 6.07) is 1.47. The number of amides is 1. The van der Waals surface area contributed by atoms with E-state index < -0.39 is 0 Å². The minimum Gasteiger partial charge on any atom is -0.469 e. The standard InChI is InChI=1S/C15H18Cl2N2O4/c1-22-13(20)4-5-19(9-11-3-2-6-23-11)15(21)10-7-12(16)14(17)18-8-10/h7-8,11H,2-6,9H2,1H3. The van der Waals surface area contributed by atoms with Crippen molar-refractivity contribution in [2.24, 2.45) is 0 Å². The van der Waals surface area contributed by atoms with Crippen LogP contribution in [0.3, 0.4) is 0 Å². The van der Waals surface area contributed by atoms with Crippen LogP contribution in [0, 0.1) is 0 Å². The molecule has 1 aromatic heterocycles. The number of carbonyl (C=O) groups is 2. The monoisotopic (exact) mass is 360 g/mol. The molecule has 0 aliphatic carbocycles. The highest BCUT2D eigenvalue weighted by Gasteiger charge is 2.24. The van der Waals surface area contributed by atoms with Crippen LogP contribution in [0.15, 0.2) is 12.3 Å². The van der Waals surface area contributed by atoms with Crippen LogP contribution in [0.2, 0.25) is 10.2 Å². The van der Waals surface area contributed by atoms with Crippen molar-refractivity contribution in [2.75, 3.05) is 26.8 Å². The largest absolute Gasteiger partial charge is 0.469 e. The molecule has 1 aliphatic heterocycles. The topological polar surface area (TPSA) is 68.7 Å². The third kappa shape index (κ3) is 5.06. The van der Waals surface area contributed by atoms with Crippen LogP contribution in [0.4, 0.5) is 0 Å². The van der Waals surface area contributed by atoms with Crippen molar-refractivity contribution < 1.29 is 19.1 Å². The predicted octanol–water partition coefficient (Wildman–Crippen LogP) is 2.57. The van der Waals surface area contributed by atoms with Crippen molar-refractivity contribution in [1.29, 1.82) is 0 Å². The fourth-order valence-electron chi connectivity index (χ4n) is 2.36. The van der Waals surface area contributed by atoms with Crippen molar-refractivity contribution in [1.82, 2.24) is 9.88 Å². The Balaban J connectivity index is 2.10. The lowest BCUT2D eigenvalue weighted by atomic mass is 10.2. The normalized spacial score (nSPS) is 17.1. The van der Waals surface area contributed by atoms with Gasteiger partial charge in [-0.15, -0.1) is 0 Å². The Morgan fingerprint density at radius 2 is 2.26 bits per heavy atom. The summed E-state index contributed by atoms with van der Waals surface area (Å²) in [6.07, 6.45) is 3.33. The second-order valence-corrected chi connectivity index (χ2v) is 5.97. The van der Waals surface area contributed by atoms with Gasteiger partial charge in [0.1, 0.15) is 5.15 Å². The van der Waals surface area contributed by atoms with E-state index in [1.807, 2.05) is 0 Å². The molecule has 23 heavy (non-hydrogen) atoms. The highest BCUT2D eigenvalue weighted by molar-refractivity contribution is 6.41. The number of methoxy groups -OCH3 is 1. The Kier molecular flexibility index (Phi) is 6.62. The van der Waals surface area contributed by atoms with Gasteiger partial charge in [0.2, 0.25) is 0 Å². The van der Waals surface area contributed by atoms with Gasteiger partial charge in [0, 0.05) is 25.9 Å². The minimum atomic E-state index is -0.373. The molecule has 1 aromatic rings. The number of carbonyl (C=O) groups excluding carboxylic acids is 2. The number of nitrogens with zero attached hydrogens (tertiary/aromatic N) is 2. The molecule has 1 saturated heterocycles. The van der Waals surface area contributed by atoms with Crippen molar-refractivity contribution in [3.05, 3.63) is 28.0 Å². The maximum absolute atomic E-state index is 12.7. The van der Waals surface area contributed by atoms with Gasteiger partial charge in [0.15, 0.2) is 0 Å². The van der Waals surface area contributed by atoms with Crippen LogP contribution >= 0.6 is 23.2 Å². The van der Waals surface area contributed by atoms with Crippen LogP contribution in [0.5, 0.6) is 0 Å². The van der Waals surface area contributed by atoms with E-state index in [4.69, 9.17) is 27.9 Å². The molecule has 2 rings (SSSR count). The Morgan fingerprint density at radius 3 is 2.87 bits per heavy atom. The second kappa shape index (κ2) is 8.47. The van der Waals surface area contributed by atoms with E-state index in [-0.39, 0.29) is 41.1 Å². The van der Waals surface area contributed by atoms with Crippen molar-refractivity contribution in [2.45, 2.75) is 25.4 Å². The summed E-state index contributed by atoms with van der Waals surface area (Å²) in [5.74, 6) is -0.641. The maximum atomic E-state index is 12.7. The molecule has 0 radical (unpaired) electrons. The summed E-state index contributed by atoms with van der Waals surface area (Å²) in [5, 5.41) is 0.353. The van der Waals surface area contributed by atoms with Gasteiger partial charge in [0.25, 0.3) is 5.91 Å². The molecule has 6 nitrogen and oxygen atoms in total. The third-order valence-electron chi connectivity index (χ3n) is 3.59. The number of esters is 1. The highest BCUT2D eigenvalue weighted by atomic mass is 35.5. The SMILES string of the molecule is COC(=O)CCN(CC1CCCO1)C(=O)c1cnc(Cl)c(Cl)c1. The van der Waals surface area contributed by atoms with Crippen molar-refractivity contribution in [3.8, 4) is 0 Å². The maximum Gasteiger partial charge on any atom is 0.307 e. The lowest BCUT2D eigenvalue weighted by Crippen LogP contribution is -2.39. The van der Waals surface area contributed by atoms with E-state index in [1.165, 1.54) is 19.4 Å². The van der Waals surface area contributed by atoms with Crippen LogP contribution in [0.1, 0.15) is 29.6 Å². The second-order valence-electron chi connectivity index (χ2n) is 5.21. The molecule has 0 spiro atoms. The molecule has 1 atom stereocenters. The first-order valence-corrected chi connectivity index (χ1v) is 8.05. The number of ether oxygens (including phenoxy) is 2. The molecule has 1 unspecified atom stereocenters. The first-order chi connectivity index (χ1) is 11.0. The Morgan fingerprint density at radius 1 is 1.48 bits per heavy atom. The van der Waals surface area contributed by atoms with Gasteiger partial charge in [-0.25, -0.2) is 4.98 Å². The molecule has 1 amide bonds. The lowest BCUT2D eigenvalue weighted by molar-refractivity contribution is -0.140. The number of aromatic nitrogens is 1. The number of pyridine rings is 1. The Bertz CT molecular complexity index is 577. The van der Waals surface area contributed by atoms with E-state index in [9.17, 15) is 9.59 Å². The van der Waals surface area contributed by atoms with Gasteiger partial charge in [-0.3, -0.25) is 9.59 Å². The van der Waals surface area contributed by atoms with Gasteiger partial charge in [-0.05, 0) is 18.9 Å². The molecule has 0 bridgehead atoms. The van der Waals surface area contributed by atoms with Gasteiger partial charge in [-0.1, -0.05) is 23.2 Å². The molecule has 126 valence electrons. The van der Waals surface area contributed by atoms with E-state index in [0.29, 0.717) is 18.7 Å². The highest BCUT2D eigenvalue weighted by Crippen LogP contribution is 2.21. The number of hydrogen-bond acceptors (Lipinski definition) is 5. The zero-order valence-electron chi connectivity index (χ0n) is 12.8. The molecular formula is C15H18Cl2N2O4. The first-order valence-electron chi connectivity index (χ1n) is 7.30. The summed E-state index contributed by atoms with van der Waals surface area (Å²) in [7, 11) is 1.32. The van der Waals surface area contributed by atoms with E-state index in [2.05, 4.69) is 9.72 Å². The fourth-order valence-corrected chi connectivity index (χ4v) is 2.63. The molecule has 0 N–H and O–H groups in total. The van der Waals surface area contributed by atoms with Gasteiger partial charge in [0.05, 0.1) is 30.2 Å². The first kappa shape index (κ1) is 18.0. The summed E-state index contributed by atoms with van der Waals surface area (Å²) >= 11 is 11.7. The molecule has 0 saturated carbocycles. The van der Waals surface area contributed by atoms with E-state index >= 15 is 0 Å². The Labute approximate surface area is 144 Å². The zero-order valence-corrected chi connectivity index (χ0v) is 14.3. The van der Waals surface area contributed by atoms with Gasteiger partial charge in [-0.2, -0.15) is 0 Å². The molecule has 1 fully saturated rings. The fraction of sp³-hybridized carbons (Fsp3) is 0.533. The number of hydrogen-bond donors (Lipinski definition) is 0. The van der Waals surface area contributed by atoms with Gasteiger partial charge >= 0.3 is 5.97 Å². The van der Waals surface area contributed by atoms with Crippen molar-refractivity contribution >= 4 is 35.1 Å². The predicted molar refractivity (Wildman–Crippen MR) is 85.8 cm³/mol. The Hall–Kier alpha value is -1.37. The van der Waals surface area contributed by atoms with Crippen LogP contribution < -0.4 is 0 Å². The number of rotatable bonds is 6. The molecule has 1 aliphatic rings. The van der Waals surface area contributed by atoms with Gasteiger partial charge < -0.3 is 14.4 Å². The van der Waals surface area contributed by atoms with E-state index in [1.54, 1.807) is 4.90 Å². The van der Waals surface area contributed by atoms with Crippen LogP contribution in [0.25, 0.3) is 0 Å².